The van der Waals surface area contributed by atoms with Crippen molar-refractivity contribution in [1.29, 1.82) is 0 Å². The summed E-state index contributed by atoms with van der Waals surface area (Å²) < 4.78 is 0. The first kappa shape index (κ1) is 22.0. The second-order valence-corrected chi connectivity index (χ2v) is 6.84. The van der Waals surface area contributed by atoms with Crippen molar-refractivity contribution in [2.75, 3.05) is 39.8 Å². The number of hydrogen-bond donors (Lipinski definition) is 2. The average Bonchev–Trinajstić information content (AvgIpc) is 2.46. The highest BCUT2D eigenvalue weighted by atomic mass is 127. The number of guanidine groups is 1. The molecule has 0 radical (unpaired) electrons. The van der Waals surface area contributed by atoms with Gasteiger partial charge in [-0.2, -0.15) is 0 Å². The van der Waals surface area contributed by atoms with Crippen molar-refractivity contribution in [1.82, 2.24) is 15.5 Å². The van der Waals surface area contributed by atoms with Crippen LogP contribution < -0.4 is 10.6 Å². The van der Waals surface area contributed by atoms with E-state index in [1.807, 2.05) is 7.05 Å². The summed E-state index contributed by atoms with van der Waals surface area (Å²) in [6.07, 6.45) is 6.45. The monoisotopic (exact) mass is 424 g/mol. The summed E-state index contributed by atoms with van der Waals surface area (Å²) in [4.78, 5) is 6.89. The molecule has 0 atom stereocenters. The topological polar surface area (TPSA) is 39.7 Å². The SMILES string of the molecule is CN=C(NCCCCN1CCC(C)CC1)NCCC(C)C.I. The van der Waals surface area contributed by atoms with E-state index in [4.69, 9.17) is 0 Å². The Morgan fingerprint density at radius 2 is 1.77 bits per heavy atom. The van der Waals surface area contributed by atoms with Crippen LogP contribution in [0.5, 0.6) is 0 Å². The molecular formula is C17H37IN4. The number of rotatable bonds is 8. The zero-order chi connectivity index (χ0) is 15.5. The predicted molar refractivity (Wildman–Crippen MR) is 108 cm³/mol. The first-order chi connectivity index (χ1) is 10.1. The molecule has 1 heterocycles. The van der Waals surface area contributed by atoms with Crippen LogP contribution in [-0.4, -0.2) is 50.6 Å². The molecule has 22 heavy (non-hydrogen) atoms. The van der Waals surface area contributed by atoms with Crippen LogP contribution in [0.25, 0.3) is 0 Å². The fourth-order valence-corrected chi connectivity index (χ4v) is 2.65. The Morgan fingerprint density at radius 1 is 1.14 bits per heavy atom. The van der Waals surface area contributed by atoms with E-state index in [2.05, 4.69) is 41.3 Å². The molecule has 132 valence electrons. The quantitative estimate of drug-likeness (QED) is 0.272. The van der Waals surface area contributed by atoms with Gasteiger partial charge in [-0.15, -0.1) is 24.0 Å². The van der Waals surface area contributed by atoms with Gasteiger partial charge in [-0.25, -0.2) is 0 Å². The standard InChI is InChI=1S/C17H36N4.HI/c1-15(2)7-11-20-17(18-4)19-10-5-6-12-21-13-8-16(3)9-14-21;/h15-16H,5-14H2,1-4H3,(H2,18,19,20);1H. The van der Waals surface area contributed by atoms with Gasteiger partial charge in [-0.3, -0.25) is 4.99 Å². The third kappa shape index (κ3) is 10.6. The van der Waals surface area contributed by atoms with Crippen molar-refractivity contribution in [3.05, 3.63) is 0 Å². The van der Waals surface area contributed by atoms with E-state index in [1.54, 1.807) is 0 Å². The van der Waals surface area contributed by atoms with Crippen LogP contribution in [0.15, 0.2) is 4.99 Å². The molecule has 0 saturated carbocycles. The number of likely N-dealkylation sites (tertiary alicyclic amines) is 1. The van der Waals surface area contributed by atoms with Gasteiger partial charge in [0.25, 0.3) is 0 Å². The van der Waals surface area contributed by atoms with E-state index in [9.17, 15) is 0 Å². The van der Waals surface area contributed by atoms with Crippen molar-refractivity contribution in [2.24, 2.45) is 16.8 Å². The summed E-state index contributed by atoms with van der Waals surface area (Å²) in [5, 5.41) is 6.78. The van der Waals surface area contributed by atoms with E-state index >= 15 is 0 Å². The molecule has 1 aliphatic heterocycles. The minimum atomic E-state index is 0. The maximum atomic E-state index is 4.26. The van der Waals surface area contributed by atoms with E-state index in [-0.39, 0.29) is 24.0 Å². The van der Waals surface area contributed by atoms with Crippen LogP contribution in [0.4, 0.5) is 0 Å². The van der Waals surface area contributed by atoms with E-state index in [1.165, 1.54) is 51.7 Å². The van der Waals surface area contributed by atoms with Gasteiger partial charge in [0.2, 0.25) is 0 Å². The number of nitrogens with one attached hydrogen (secondary N) is 2. The maximum absolute atomic E-state index is 4.26. The minimum Gasteiger partial charge on any atom is -0.356 e. The summed E-state index contributed by atoms with van der Waals surface area (Å²) >= 11 is 0. The van der Waals surface area contributed by atoms with Gasteiger partial charge in [0.15, 0.2) is 5.96 Å². The highest BCUT2D eigenvalue weighted by Crippen LogP contribution is 2.15. The maximum Gasteiger partial charge on any atom is 0.190 e. The molecule has 0 aromatic rings. The number of unbranched alkanes of at least 4 members (excludes halogenated alkanes) is 1. The minimum absolute atomic E-state index is 0. The summed E-state index contributed by atoms with van der Waals surface area (Å²) in [6.45, 7) is 12.8. The Hall–Kier alpha value is -0.0400. The molecule has 1 saturated heterocycles. The van der Waals surface area contributed by atoms with Crippen molar-refractivity contribution in [2.45, 2.75) is 52.9 Å². The highest BCUT2D eigenvalue weighted by molar-refractivity contribution is 14.0. The van der Waals surface area contributed by atoms with Crippen molar-refractivity contribution in [3.8, 4) is 0 Å². The molecule has 2 N–H and O–H groups in total. The molecule has 0 aliphatic carbocycles. The largest absolute Gasteiger partial charge is 0.356 e. The lowest BCUT2D eigenvalue weighted by Crippen LogP contribution is -2.39. The Morgan fingerprint density at radius 3 is 2.36 bits per heavy atom. The van der Waals surface area contributed by atoms with Crippen LogP contribution >= 0.6 is 24.0 Å². The van der Waals surface area contributed by atoms with E-state index < -0.39 is 0 Å². The first-order valence-corrected chi connectivity index (χ1v) is 8.78. The average molecular weight is 424 g/mol. The molecular weight excluding hydrogens is 387 g/mol. The molecule has 0 spiro atoms. The van der Waals surface area contributed by atoms with Gasteiger partial charge in [0.1, 0.15) is 0 Å². The first-order valence-electron chi connectivity index (χ1n) is 8.78. The Kier molecular flexibility index (Phi) is 13.4. The molecule has 0 unspecified atom stereocenters. The van der Waals surface area contributed by atoms with Gasteiger partial charge in [0.05, 0.1) is 0 Å². The smallest absolute Gasteiger partial charge is 0.190 e. The van der Waals surface area contributed by atoms with E-state index in [0.29, 0.717) is 0 Å². The van der Waals surface area contributed by atoms with Gasteiger partial charge >= 0.3 is 0 Å². The van der Waals surface area contributed by atoms with Crippen molar-refractivity contribution >= 4 is 29.9 Å². The van der Waals surface area contributed by atoms with Gasteiger partial charge < -0.3 is 15.5 Å². The fraction of sp³-hybridized carbons (Fsp3) is 0.941. The zero-order valence-electron chi connectivity index (χ0n) is 15.0. The molecule has 4 nitrogen and oxygen atoms in total. The number of piperidine rings is 1. The summed E-state index contributed by atoms with van der Waals surface area (Å²) in [5.74, 6) is 2.62. The van der Waals surface area contributed by atoms with Crippen LogP contribution in [0.1, 0.15) is 52.9 Å². The molecule has 1 rings (SSSR count). The lowest BCUT2D eigenvalue weighted by molar-refractivity contribution is 0.189. The van der Waals surface area contributed by atoms with Gasteiger partial charge in [0, 0.05) is 20.1 Å². The molecule has 0 aromatic carbocycles. The van der Waals surface area contributed by atoms with Crippen molar-refractivity contribution in [3.63, 3.8) is 0 Å². The Bertz CT molecular complexity index is 286. The Balaban J connectivity index is 0.00000441. The van der Waals surface area contributed by atoms with Crippen LogP contribution in [0, 0.1) is 11.8 Å². The number of aliphatic imine (C=N–C) groups is 1. The summed E-state index contributed by atoms with van der Waals surface area (Å²) in [7, 11) is 1.85. The number of halogens is 1. The van der Waals surface area contributed by atoms with Crippen molar-refractivity contribution < 1.29 is 0 Å². The molecule has 0 amide bonds. The van der Waals surface area contributed by atoms with Gasteiger partial charge in [-0.1, -0.05) is 20.8 Å². The third-order valence-corrected chi connectivity index (χ3v) is 4.31. The second-order valence-electron chi connectivity index (χ2n) is 6.84. The summed E-state index contributed by atoms with van der Waals surface area (Å²) in [6, 6.07) is 0. The fourth-order valence-electron chi connectivity index (χ4n) is 2.65. The molecule has 0 bridgehead atoms. The number of nitrogens with zero attached hydrogens (tertiary/aromatic N) is 2. The lowest BCUT2D eigenvalue weighted by Gasteiger charge is -2.30. The molecule has 0 aromatic heterocycles. The van der Waals surface area contributed by atoms with E-state index in [0.717, 1.165) is 30.9 Å². The molecule has 5 heteroatoms. The number of hydrogen-bond acceptors (Lipinski definition) is 2. The highest BCUT2D eigenvalue weighted by Gasteiger charge is 2.14. The van der Waals surface area contributed by atoms with Crippen LogP contribution in [0.2, 0.25) is 0 Å². The van der Waals surface area contributed by atoms with Crippen LogP contribution in [0.3, 0.4) is 0 Å². The Labute approximate surface area is 154 Å². The van der Waals surface area contributed by atoms with Crippen LogP contribution in [-0.2, 0) is 0 Å². The van der Waals surface area contributed by atoms with Gasteiger partial charge in [-0.05, 0) is 63.6 Å². The zero-order valence-corrected chi connectivity index (χ0v) is 17.4. The molecule has 1 aliphatic rings. The molecule has 1 fully saturated rings. The normalized spacial score (nSPS) is 17.4. The third-order valence-electron chi connectivity index (χ3n) is 4.31. The predicted octanol–water partition coefficient (Wildman–Crippen LogP) is 3.33. The lowest BCUT2D eigenvalue weighted by atomic mass is 9.99. The second kappa shape index (κ2) is 13.4. The summed E-state index contributed by atoms with van der Waals surface area (Å²) in [5.41, 5.74) is 0.